The van der Waals surface area contributed by atoms with E-state index in [1.54, 1.807) is 18.2 Å². The minimum absolute atomic E-state index is 0.0691. The first-order valence-corrected chi connectivity index (χ1v) is 8.70. The molecular formula is C19H14N4O7. The molecule has 1 amide bonds. The molecule has 0 bridgehead atoms. The van der Waals surface area contributed by atoms with E-state index in [1.165, 1.54) is 24.3 Å². The van der Waals surface area contributed by atoms with E-state index in [0.717, 1.165) is 10.8 Å². The number of anilines is 1. The van der Waals surface area contributed by atoms with Gasteiger partial charge in [-0.3, -0.25) is 24.3 Å². The molecule has 0 atom stereocenters. The number of ether oxygens (including phenoxy) is 2. The van der Waals surface area contributed by atoms with E-state index in [2.05, 4.69) is 10.3 Å². The van der Waals surface area contributed by atoms with Crippen LogP contribution >= 0.6 is 0 Å². The lowest BCUT2D eigenvalue weighted by Gasteiger charge is -2.09. The van der Waals surface area contributed by atoms with E-state index < -0.39 is 22.1 Å². The number of carbonyl (C=O) groups excluding carboxylic acids is 1. The molecule has 3 aromatic rings. The number of H-pyrrole nitrogens is 1. The summed E-state index contributed by atoms with van der Waals surface area (Å²) in [6, 6.07) is 10.5. The minimum atomic E-state index is -0.884. The molecule has 152 valence electrons. The van der Waals surface area contributed by atoms with Gasteiger partial charge in [0.2, 0.25) is 6.79 Å². The Kier molecular flexibility index (Phi) is 4.76. The SMILES string of the molecule is O=C(Nc1ccccc1[N+](=O)[O-])c1c[nH]c(=O)n(Cc2ccc3c(c2)OCO3)c1=O. The molecule has 1 aliphatic heterocycles. The number of benzene rings is 2. The number of nitro groups is 1. The predicted octanol–water partition coefficient (Wildman–Crippen LogP) is 1.47. The molecule has 30 heavy (non-hydrogen) atoms. The third-order valence-electron chi connectivity index (χ3n) is 4.43. The van der Waals surface area contributed by atoms with E-state index in [-0.39, 0.29) is 30.3 Å². The van der Waals surface area contributed by atoms with Crippen LogP contribution in [-0.4, -0.2) is 27.2 Å². The lowest BCUT2D eigenvalue weighted by atomic mass is 10.2. The Labute approximate surface area is 167 Å². The maximum Gasteiger partial charge on any atom is 0.328 e. The molecule has 2 aromatic carbocycles. The summed E-state index contributed by atoms with van der Waals surface area (Å²) in [6.45, 7) is -0.0298. The summed E-state index contributed by atoms with van der Waals surface area (Å²) in [7, 11) is 0. The van der Waals surface area contributed by atoms with Crippen molar-refractivity contribution in [2.24, 2.45) is 0 Å². The van der Waals surface area contributed by atoms with Crippen molar-refractivity contribution in [2.45, 2.75) is 6.54 Å². The van der Waals surface area contributed by atoms with Crippen LogP contribution in [0.25, 0.3) is 0 Å². The van der Waals surface area contributed by atoms with E-state index in [9.17, 15) is 24.5 Å². The molecule has 11 heteroatoms. The fourth-order valence-corrected chi connectivity index (χ4v) is 2.97. The van der Waals surface area contributed by atoms with Crippen molar-refractivity contribution in [3.05, 3.63) is 90.7 Å². The molecule has 1 aliphatic rings. The highest BCUT2D eigenvalue weighted by Crippen LogP contribution is 2.32. The highest BCUT2D eigenvalue weighted by Gasteiger charge is 2.20. The van der Waals surface area contributed by atoms with E-state index >= 15 is 0 Å². The smallest absolute Gasteiger partial charge is 0.328 e. The Balaban J connectivity index is 1.65. The molecule has 0 fully saturated rings. The lowest BCUT2D eigenvalue weighted by molar-refractivity contribution is -0.383. The summed E-state index contributed by atoms with van der Waals surface area (Å²) in [6.07, 6.45) is 0.977. The van der Waals surface area contributed by atoms with E-state index in [4.69, 9.17) is 9.47 Å². The summed E-state index contributed by atoms with van der Waals surface area (Å²) in [5.74, 6) is 0.157. The third kappa shape index (κ3) is 3.51. The molecule has 4 rings (SSSR count). The number of nitrogens with one attached hydrogen (secondary N) is 2. The Morgan fingerprint density at radius 1 is 1.17 bits per heavy atom. The minimum Gasteiger partial charge on any atom is -0.454 e. The molecular weight excluding hydrogens is 396 g/mol. The van der Waals surface area contributed by atoms with Crippen LogP contribution in [0.3, 0.4) is 0 Å². The van der Waals surface area contributed by atoms with Crippen LogP contribution in [0.1, 0.15) is 15.9 Å². The number of rotatable bonds is 5. The maximum absolute atomic E-state index is 12.8. The van der Waals surface area contributed by atoms with Gasteiger partial charge in [0.05, 0.1) is 11.5 Å². The van der Waals surface area contributed by atoms with E-state index in [0.29, 0.717) is 17.1 Å². The van der Waals surface area contributed by atoms with Crippen LogP contribution in [0, 0.1) is 10.1 Å². The van der Waals surface area contributed by atoms with Gasteiger partial charge in [-0.25, -0.2) is 4.79 Å². The van der Waals surface area contributed by atoms with Crippen molar-refractivity contribution in [3.8, 4) is 11.5 Å². The van der Waals surface area contributed by atoms with Gasteiger partial charge < -0.3 is 19.8 Å². The summed E-state index contributed by atoms with van der Waals surface area (Å²) in [4.78, 5) is 50.3. The maximum atomic E-state index is 12.8. The van der Waals surface area contributed by atoms with Crippen LogP contribution in [0.2, 0.25) is 0 Å². The number of aromatic amines is 1. The van der Waals surface area contributed by atoms with E-state index in [1.807, 2.05) is 0 Å². The number of hydrogen-bond donors (Lipinski definition) is 2. The number of carbonyl (C=O) groups is 1. The van der Waals surface area contributed by atoms with Gasteiger partial charge in [0.15, 0.2) is 11.5 Å². The fourth-order valence-electron chi connectivity index (χ4n) is 2.97. The van der Waals surface area contributed by atoms with Crippen LogP contribution in [0.5, 0.6) is 11.5 Å². The summed E-state index contributed by atoms with van der Waals surface area (Å²) >= 11 is 0. The zero-order valence-electron chi connectivity index (χ0n) is 15.3. The molecule has 2 heterocycles. The van der Waals surface area contributed by atoms with Crippen LogP contribution in [0.4, 0.5) is 11.4 Å². The first-order valence-electron chi connectivity index (χ1n) is 8.70. The zero-order valence-corrected chi connectivity index (χ0v) is 15.3. The highest BCUT2D eigenvalue weighted by molar-refractivity contribution is 6.04. The van der Waals surface area contributed by atoms with Gasteiger partial charge in [-0.1, -0.05) is 18.2 Å². The number of aromatic nitrogens is 2. The molecule has 0 saturated carbocycles. The van der Waals surface area contributed by atoms with Crippen molar-refractivity contribution in [1.29, 1.82) is 0 Å². The predicted molar refractivity (Wildman–Crippen MR) is 104 cm³/mol. The number of nitrogens with zero attached hydrogens (tertiary/aromatic N) is 2. The monoisotopic (exact) mass is 410 g/mol. The topological polar surface area (TPSA) is 146 Å². The highest BCUT2D eigenvalue weighted by atomic mass is 16.7. The van der Waals surface area contributed by atoms with Gasteiger partial charge in [-0.15, -0.1) is 0 Å². The average Bonchev–Trinajstić information content (AvgIpc) is 3.19. The van der Waals surface area contributed by atoms with Crippen LogP contribution in [0.15, 0.2) is 58.3 Å². The summed E-state index contributed by atoms with van der Waals surface area (Å²) in [5.41, 5.74) is -1.72. The average molecular weight is 410 g/mol. The lowest BCUT2D eigenvalue weighted by Crippen LogP contribution is -2.39. The molecule has 11 nitrogen and oxygen atoms in total. The Hall–Kier alpha value is -4.41. The molecule has 0 unspecified atom stereocenters. The van der Waals surface area contributed by atoms with Crippen molar-refractivity contribution in [1.82, 2.24) is 9.55 Å². The quantitative estimate of drug-likeness (QED) is 0.478. The first-order chi connectivity index (χ1) is 14.4. The van der Waals surface area contributed by atoms with Gasteiger partial charge in [0, 0.05) is 12.3 Å². The number of hydrogen-bond acceptors (Lipinski definition) is 7. The summed E-state index contributed by atoms with van der Waals surface area (Å²) < 4.78 is 11.4. The Morgan fingerprint density at radius 3 is 2.73 bits per heavy atom. The second-order valence-electron chi connectivity index (χ2n) is 6.31. The fraction of sp³-hybridized carbons (Fsp3) is 0.105. The molecule has 1 aromatic heterocycles. The molecule has 2 N–H and O–H groups in total. The van der Waals surface area contributed by atoms with Crippen molar-refractivity contribution in [2.75, 3.05) is 12.1 Å². The van der Waals surface area contributed by atoms with Gasteiger partial charge in [-0.2, -0.15) is 0 Å². The second-order valence-corrected chi connectivity index (χ2v) is 6.31. The summed E-state index contributed by atoms with van der Waals surface area (Å²) in [5, 5.41) is 13.5. The second kappa shape index (κ2) is 7.54. The normalized spacial score (nSPS) is 11.9. The van der Waals surface area contributed by atoms with Gasteiger partial charge in [0.25, 0.3) is 17.2 Å². The number of para-hydroxylation sites is 2. The largest absolute Gasteiger partial charge is 0.454 e. The number of fused-ring (bicyclic) bond motifs is 1. The molecule has 0 radical (unpaired) electrons. The van der Waals surface area contributed by atoms with Crippen molar-refractivity contribution >= 4 is 17.3 Å². The molecule has 0 spiro atoms. The molecule has 0 aliphatic carbocycles. The Morgan fingerprint density at radius 2 is 1.93 bits per heavy atom. The van der Waals surface area contributed by atoms with Crippen LogP contribution in [-0.2, 0) is 6.54 Å². The third-order valence-corrected chi connectivity index (χ3v) is 4.43. The zero-order chi connectivity index (χ0) is 21.3. The van der Waals surface area contributed by atoms with Gasteiger partial charge in [-0.05, 0) is 23.8 Å². The molecule has 0 saturated heterocycles. The van der Waals surface area contributed by atoms with Gasteiger partial charge in [0.1, 0.15) is 11.3 Å². The first kappa shape index (κ1) is 18.9. The number of amides is 1. The standard InChI is InChI=1S/C19H14N4O7/c24-17(21-13-3-1-2-4-14(13)23(27)28)12-8-20-19(26)22(18(12)25)9-11-5-6-15-16(7-11)30-10-29-15/h1-8H,9-10H2,(H,20,26)(H,21,24). The van der Waals surface area contributed by atoms with Crippen molar-refractivity contribution in [3.63, 3.8) is 0 Å². The number of nitro benzene ring substituents is 1. The van der Waals surface area contributed by atoms with Gasteiger partial charge >= 0.3 is 5.69 Å². The van der Waals surface area contributed by atoms with Crippen molar-refractivity contribution < 1.29 is 19.2 Å². The Bertz CT molecular complexity index is 1280. The van der Waals surface area contributed by atoms with Crippen LogP contribution < -0.4 is 26.0 Å².